The van der Waals surface area contributed by atoms with Gasteiger partial charge in [-0.3, -0.25) is 4.79 Å². The molecule has 140 valence electrons. The molecule has 1 aromatic carbocycles. The van der Waals surface area contributed by atoms with Crippen molar-refractivity contribution in [2.45, 2.75) is 6.92 Å². The Morgan fingerprint density at radius 2 is 2.11 bits per heavy atom. The quantitative estimate of drug-likeness (QED) is 0.715. The molecular formula is C18H16ClFN4O2S. The van der Waals surface area contributed by atoms with Gasteiger partial charge in [-0.1, -0.05) is 11.6 Å². The van der Waals surface area contributed by atoms with Gasteiger partial charge in [-0.05, 0) is 30.7 Å². The number of benzene rings is 1. The third kappa shape index (κ3) is 3.47. The molecule has 1 saturated heterocycles. The highest BCUT2D eigenvalue weighted by Crippen LogP contribution is 2.35. The molecule has 0 atom stereocenters. The van der Waals surface area contributed by atoms with E-state index in [0.29, 0.717) is 23.8 Å². The highest BCUT2D eigenvalue weighted by atomic mass is 35.5. The van der Waals surface area contributed by atoms with E-state index in [1.807, 2.05) is 6.92 Å². The van der Waals surface area contributed by atoms with Crippen LogP contribution in [0.15, 0.2) is 24.5 Å². The molecule has 6 nitrogen and oxygen atoms in total. The lowest BCUT2D eigenvalue weighted by molar-refractivity contribution is 0.103. The van der Waals surface area contributed by atoms with Gasteiger partial charge in [0.1, 0.15) is 22.8 Å². The Hall–Kier alpha value is -2.29. The van der Waals surface area contributed by atoms with E-state index in [-0.39, 0.29) is 10.9 Å². The lowest BCUT2D eigenvalue weighted by atomic mass is 10.2. The van der Waals surface area contributed by atoms with Gasteiger partial charge >= 0.3 is 0 Å². The first-order valence-electron chi connectivity index (χ1n) is 8.38. The molecule has 4 rings (SSSR count). The predicted molar refractivity (Wildman–Crippen MR) is 105 cm³/mol. The van der Waals surface area contributed by atoms with Crippen LogP contribution in [0.25, 0.3) is 10.2 Å². The number of amides is 1. The average molecular weight is 407 g/mol. The molecule has 1 aliphatic heterocycles. The van der Waals surface area contributed by atoms with Gasteiger partial charge in [-0.15, -0.1) is 11.3 Å². The first kappa shape index (κ1) is 18.1. The van der Waals surface area contributed by atoms with Crippen molar-refractivity contribution in [1.29, 1.82) is 0 Å². The molecule has 0 unspecified atom stereocenters. The topological polar surface area (TPSA) is 67.4 Å². The van der Waals surface area contributed by atoms with Crippen LogP contribution < -0.4 is 10.2 Å². The summed E-state index contributed by atoms with van der Waals surface area (Å²) in [4.78, 5) is 25.0. The maximum absolute atomic E-state index is 13.3. The zero-order valence-corrected chi connectivity index (χ0v) is 16.0. The van der Waals surface area contributed by atoms with Crippen molar-refractivity contribution in [2.24, 2.45) is 0 Å². The number of aromatic nitrogens is 2. The molecule has 1 aliphatic rings. The Labute approximate surface area is 163 Å². The number of carbonyl (C=O) groups excluding carboxylic acids is 1. The molecule has 0 bridgehead atoms. The summed E-state index contributed by atoms with van der Waals surface area (Å²) in [5.41, 5.74) is 1.26. The third-order valence-corrected chi connectivity index (χ3v) is 5.89. The van der Waals surface area contributed by atoms with Gasteiger partial charge in [-0.2, -0.15) is 0 Å². The van der Waals surface area contributed by atoms with Gasteiger partial charge in [0.05, 0.1) is 28.5 Å². The SMILES string of the molecule is Cc1c(C(=O)Nc2ccc(F)c(Cl)c2)sc2ncnc(N3CCOCC3)c12. The number of ether oxygens (including phenoxy) is 1. The van der Waals surface area contributed by atoms with E-state index in [9.17, 15) is 9.18 Å². The van der Waals surface area contributed by atoms with E-state index < -0.39 is 5.82 Å². The van der Waals surface area contributed by atoms with Crippen LogP contribution in [0, 0.1) is 12.7 Å². The molecule has 0 aliphatic carbocycles. The Kier molecular flexibility index (Phi) is 4.94. The summed E-state index contributed by atoms with van der Waals surface area (Å²) in [5, 5.41) is 3.61. The van der Waals surface area contributed by atoms with E-state index in [2.05, 4.69) is 20.2 Å². The van der Waals surface area contributed by atoms with Crippen LogP contribution in [-0.2, 0) is 4.74 Å². The number of thiophene rings is 1. The van der Waals surface area contributed by atoms with Crippen molar-refractivity contribution < 1.29 is 13.9 Å². The van der Waals surface area contributed by atoms with Gasteiger partial charge in [-0.25, -0.2) is 14.4 Å². The summed E-state index contributed by atoms with van der Waals surface area (Å²) >= 11 is 7.10. The van der Waals surface area contributed by atoms with Crippen LogP contribution in [0.3, 0.4) is 0 Å². The normalized spacial score (nSPS) is 14.6. The number of hydrogen-bond acceptors (Lipinski definition) is 6. The fourth-order valence-electron chi connectivity index (χ4n) is 3.05. The van der Waals surface area contributed by atoms with E-state index in [1.165, 1.54) is 35.9 Å². The second-order valence-corrected chi connectivity index (χ2v) is 7.52. The van der Waals surface area contributed by atoms with Crippen molar-refractivity contribution in [3.63, 3.8) is 0 Å². The van der Waals surface area contributed by atoms with Crippen molar-refractivity contribution in [3.05, 3.63) is 45.8 Å². The van der Waals surface area contributed by atoms with E-state index in [1.54, 1.807) is 0 Å². The number of nitrogens with zero attached hydrogens (tertiary/aromatic N) is 3. The Bertz CT molecular complexity index is 1020. The first-order chi connectivity index (χ1) is 13.0. The molecule has 3 aromatic rings. The van der Waals surface area contributed by atoms with Crippen molar-refractivity contribution in [1.82, 2.24) is 9.97 Å². The second-order valence-electron chi connectivity index (χ2n) is 6.12. The van der Waals surface area contributed by atoms with Gasteiger partial charge in [0.15, 0.2) is 0 Å². The van der Waals surface area contributed by atoms with Crippen LogP contribution in [0.4, 0.5) is 15.9 Å². The molecule has 27 heavy (non-hydrogen) atoms. The zero-order valence-electron chi connectivity index (χ0n) is 14.5. The largest absolute Gasteiger partial charge is 0.378 e. The number of rotatable bonds is 3. The van der Waals surface area contributed by atoms with E-state index >= 15 is 0 Å². The van der Waals surface area contributed by atoms with Gasteiger partial charge in [0.2, 0.25) is 0 Å². The smallest absolute Gasteiger partial charge is 0.266 e. The number of aryl methyl sites for hydroxylation is 1. The fraction of sp³-hybridized carbons (Fsp3) is 0.278. The number of anilines is 2. The molecule has 0 spiro atoms. The van der Waals surface area contributed by atoms with E-state index in [4.69, 9.17) is 16.3 Å². The standard InChI is InChI=1S/C18H16ClFN4O2S/c1-10-14-16(24-4-6-26-7-5-24)21-9-22-18(14)27-15(10)17(25)23-11-2-3-13(20)12(19)8-11/h2-3,8-9H,4-7H2,1H3,(H,23,25). The number of carbonyl (C=O) groups is 1. The summed E-state index contributed by atoms with van der Waals surface area (Å²) < 4.78 is 18.7. The number of hydrogen-bond donors (Lipinski definition) is 1. The first-order valence-corrected chi connectivity index (χ1v) is 9.57. The van der Waals surface area contributed by atoms with Crippen molar-refractivity contribution >= 4 is 50.6 Å². The Balaban J connectivity index is 1.68. The minimum absolute atomic E-state index is 0.0404. The second kappa shape index (κ2) is 7.38. The molecule has 0 radical (unpaired) electrons. The molecule has 1 fully saturated rings. The fourth-order valence-corrected chi connectivity index (χ4v) is 4.27. The van der Waals surface area contributed by atoms with Gasteiger partial charge in [0.25, 0.3) is 5.91 Å². The van der Waals surface area contributed by atoms with Gasteiger partial charge in [0, 0.05) is 18.8 Å². The number of morpholine rings is 1. The van der Waals surface area contributed by atoms with Crippen molar-refractivity contribution in [3.8, 4) is 0 Å². The van der Waals surface area contributed by atoms with Crippen LogP contribution in [0.2, 0.25) is 5.02 Å². The van der Waals surface area contributed by atoms with E-state index in [0.717, 1.165) is 34.7 Å². The lowest BCUT2D eigenvalue weighted by Gasteiger charge is -2.28. The van der Waals surface area contributed by atoms with Crippen LogP contribution >= 0.6 is 22.9 Å². The van der Waals surface area contributed by atoms with Crippen LogP contribution in [0.1, 0.15) is 15.2 Å². The summed E-state index contributed by atoms with van der Waals surface area (Å²) in [6.07, 6.45) is 1.52. The molecule has 3 heterocycles. The van der Waals surface area contributed by atoms with Crippen LogP contribution in [-0.4, -0.2) is 42.2 Å². The highest BCUT2D eigenvalue weighted by molar-refractivity contribution is 7.20. The number of fused-ring (bicyclic) bond motifs is 1. The molecule has 0 saturated carbocycles. The number of halogens is 2. The minimum Gasteiger partial charge on any atom is -0.378 e. The number of nitrogens with one attached hydrogen (secondary N) is 1. The molecular weight excluding hydrogens is 391 g/mol. The van der Waals surface area contributed by atoms with Crippen LogP contribution in [0.5, 0.6) is 0 Å². The average Bonchev–Trinajstić information content (AvgIpc) is 3.02. The maximum atomic E-state index is 13.3. The summed E-state index contributed by atoms with van der Waals surface area (Å²) in [6, 6.07) is 4.08. The summed E-state index contributed by atoms with van der Waals surface area (Å²) in [6.45, 7) is 4.67. The summed E-state index contributed by atoms with van der Waals surface area (Å²) in [5.74, 6) is 0.00478. The third-order valence-electron chi connectivity index (χ3n) is 4.40. The highest BCUT2D eigenvalue weighted by Gasteiger charge is 2.23. The maximum Gasteiger partial charge on any atom is 0.266 e. The lowest BCUT2D eigenvalue weighted by Crippen LogP contribution is -2.36. The zero-order chi connectivity index (χ0) is 19.0. The van der Waals surface area contributed by atoms with Crippen molar-refractivity contribution in [2.75, 3.05) is 36.5 Å². The Morgan fingerprint density at radius 1 is 1.33 bits per heavy atom. The summed E-state index contributed by atoms with van der Waals surface area (Å²) in [7, 11) is 0. The molecule has 9 heteroatoms. The predicted octanol–water partition coefficient (Wildman–Crippen LogP) is 3.88. The monoisotopic (exact) mass is 406 g/mol. The molecule has 2 aromatic heterocycles. The minimum atomic E-state index is -0.530. The Morgan fingerprint density at radius 3 is 2.85 bits per heavy atom. The molecule has 1 amide bonds. The molecule has 1 N–H and O–H groups in total. The van der Waals surface area contributed by atoms with Gasteiger partial charge < -0.3 is 15.0 Å².